The molecule has 0 aliphatic heterocycles. The number of carbonyl (C=O) groups excluding carboxylic acids is 1. The topological polar surface area (TPSA) is 57.5 Å². The summed E-state index contributed by atoms with van der Waals surface area (Å²) in [4.78, 5) is 13.0. The molecule has 3 nitrogen and oxygen atoms in total. The number of hydrogen-bond acceptors (Lipinski definition) is 3. The minimum Gasteiger partial charge on any atom is -0.393 e. The average molecular weight is 335 g/mol. The zero-order valence-corrected chi connectivity index (χ0v) is 15.6. The van der Waals surface area contributed by atoms with Crippen molar-refractivity contribution >= 4 is 5.78 Å². The molecule has 0 aromatic carbocycles. The maximum atomic E-state index is 13.0. The van der Waals surface area contributed by atoms with Crippen molar-refractivity contribution in [3.05, 3.63) is 0 Å². The molecule has 0 amide bonds. The third-order valence-corrected chi connectivity index (χ3v) is 8.98. The second kappa shape index (κ2) is 5.30. The van der Waals surface area contributed by atoms with E-state index in [1.807, 2.05) is 0 Å². The lowest BCUT2D eigenvalue weighted by molar-refractivity contribution is -0.178. The van der Waals surface area contributed by atoms with Crippen LogP contribution in [0.2, 0.25) is 0 Å². The van der Waals surface area contributed by atoms with Crippen LogP contribution < -0.4 is 0 Å². The Kier molecular flexibility index (Phi) is 3.76. The van der Waals surface area contributed by atoms with Gasteiger partial charge in [0.1, 0.15) is 5.60 Å². The van der Waals surface area contributed by atoms with E-state index in [0.29, 0.717) is 35.5 Å². The highest BCUT2D eigenvalue weighted by Crippen LogP contribution is 2.65. The number of fused-ring (bicyclic) bond motifs is 5. The summed E-state index contributed by atoms with van der Waals surface area (Å²) < 4.78 is 0. The summed E-state index contributed by atoms with van der Waals surface area (Å²) in [6.07, 6.45) is 9.12. The SMILES string of the molecule is C[C@]12CC[C@@H](O)C[C@H]1CC[C@@H]1[C@@H]2CC[C@]2(C)C(=O)[C@](C)(O)CC[C@@H]12. The van der Waals surface area contributed by atoms with Crippen molar-refractivity contribution in [2.75, 3.05) is 0 Å². The summed E-state index contributed by atoms with van der Waals surface area (Å²) in [6.45, 7) is 6.34. The Morgan fingerprint density at radius 2 is 1.62 bits per heavy atom. The van der Waals surface area contributed by atoms with Gasteiger partial charge in [0, 0.05) is 5.41 Å². The second-order valence-corrected chi connectivity index (χ2v) is 10.2. The lowest BCUT2D eigenvalue weighted by Gasteiger charge is -2.62. The molecule has 0 aromatic heterocycles. The molecule has 0 saturated heterocycles. The molecule has 0 bridgehead atoms. The van der Waals surface area contributed by atoms with Crippen molar-refractivity contribution in [1.82, 2.24) is 0 Å². The van der Waals surface area contributed by atoms with Crippen molar-refractivity contribution in [3.63, 3.8) is 0 Å². The molecule has 3 heteroatoms. The zero-order valence-electron chi connectivity index (χ0n) is 15.6. The highest BCUT2D eigenvalue weighted by Gasteiger charge is 2.62. The molecule has 2 N–H and O–H groups in total. The van der Waals surface area contributed by atoms with E-state index in [-0.39, 0.29) is 17.3 Å². The molecule has 0 radical (unpaired) electrons. The number of carbonyl (C=O) groups is 1. The van der Waals surface area contributed by atoms with Crippen LogP contribution in [-0.4, -0.2) is 27.7 Å². The van der Waals surface area contributed by atoms with Crippen molar-refractivity contribution in [3.8, 4) is 0 Å². The summed E-state index contributed by atoms with van der Waals surface area (Å²) >= 11 is 0. The molecule has 4 saturated carbocycles. The van der Waals surface area contributed by atoms with Crippen molar-refractivity contribution in [1.29, 1.82) is 0 Å². The second-order valence-electron chi connectivity index (χ2n) is 10.2. The molecular formula is C21H34O3. The van der Waals surface area contributed by atoms with Crippen LogP contribution in [0, 0.1) is 34.5 Å². The first kappa shape index (κ1) is 17.0. The van der Waals surface area contributed by atoms with Gasteiger partial charge < -0.3 is 10.2 Å². The van der Waals surface area contributed by atoms with Gasteiger partial charge in [-0.15, -0.1) is 0 Å². The van der Waals surface area contributed by atoms with Gasteiger partial charge in [0.05, 0.1) is 6.10 Å². The van der Waals surface area contributed by atoms with Crippen LogP contribution in [0.4, 0.5) is 0 Å². The first-order valence-electron chi connectivity index (χ1n) is 10.1. The fraction of sp³-hybridized carbons (Fsp3) is 0.952. The van der Waals surface area contributed by atoms with Crippen LogP contribution in [0.3, 0.4) is 0 Å². The minimum absolute atomic E-state index is 0.0974. The molecule has 8 atom stereocenters. The van der Waals surface area contributed by atoms with Gasteiger partial charge in [-0.05, 0) is 93.8 Å². The fourth-order valence-electron chi connectivity index (χ4n) is 7.54. The number of ketones is 1. The highest BCUT2D eigenvalue weighted by atomic mass is 16.3. The molecule has 4 aliphatic rings. The molecule has 4 aliphatic carbocycles. The Labute approximate surface area is 146 Å². The van der Waals surface area contributed by atoms with E-state index in [9.17, 15) is 15.0 Å². The first-order chi connectivity index (χ1) is 11.2. The molecular weight excluding hydrogens is 300 g/mol. The van der Waals surface area contributed by atoms with E-state index in [1.54, 1.807) is 6.92 Å². The van der Waals surface area contributed by atoms with Crippen LogP contribution in [-0.2, 0) is 4.79 Å². The lowest BCUT2D eigenvalue weighted by Crippen LogP contribution is -2.61. The van der Waals surface area contributed by atoms with Crippen LogP contribution in [0.25, 0.3) is 0 Å². The Morgan fingerprint density at radius 3 is 2.38 bits per heavy atom. The summed E-state index contributed by atoms with van der Waals surface area (Å²) in [5.41, 5.74) is -1.08. The van der Waals surface area contributed by atoms with Gasteiger partial charge in [-0.25, -0.2) is 0 Å². The zero-order chi connectivity index (χ0) is 17.3. The van der Waals surface area contributed by atoms with E-state index >= 15 is 0 Å². The summed E-state index contributed by atoms with van der Waals surface area (Å²) in [5.74, 6) is 2.57. The van der Waals surface area contributed by atoms with Gasteiger partial charge in [0.2, 0.25) is 0 Å². The number of hydrogen-bond donors (Lipinski definition) is 2. The van der Waals surface area contributed by atoms with Gasteiger partial charge in [-0.2, -0.15) is 0 Å². The summed E-state index contributed by atoms with van der Waals surface area (Å²) in [7, 11) is 0. The van der Waals surface area contributed by atoms with E-state index in [2.05, 4.69) is 13.8 Å². The molecule has 0 unspecified atom stereocenters. The molecule has 0 spiro atoms. The molecule has 4 rings (SSSR count). The van der Waals surface area contributed by atoms with Crippen molar-refractivity contribution < 1.29 is 15.0 Å². The van der Waals surface area contributed by atoms with E-state index < -0.39 is 5.60 Å². The lowest BCUT2D eigenvalue weighted by atomic mass is 9.42. The smallest absolute Gasteiger partial charge is 0.170 e. The van der Waals surface area contributed by atoms with Crippen molar-refractivity contribution in [2.45, 2.75) is 90.3 Å². The number of aliphatic hydroxyl groups is 2. The van der Waals surface area contributed by atoms with Crippen LogP contribution in [0.5, 0.6) is 0 Å². The maximum Gasteiger partial charge on any atom is 0.170 e. The molecule has 24 heavy (non-hydrogen) atoms. The quantitative estimate of drug-likeness (QED) is 0.710. The summed E-state index contributed by atoms with van der Waals surface area (Å²) in [5, 5.41) is 20.6. The monoisotopic (exact) mass is 334 g/mol. The summed E-state index contributed by atoms with van der Waals surface area (Å²) in [6, 6.07) is 0. The third-order valence-electron chi connectivity index (χ3n) is 8.98. The standard InChI is InChI=1S/C21H34O3/c1-19-9-6-14(22)12-13(19)4-5-15-16(19)7-10-20(2)17(15)8-11-21(3,24)18(20)23/h13-17,22,24H,4-12H2,1-3H3/t13-,14-,15-,16+,17+,19+,20+,21-/m1/s1. The van der Waals surface area contributed by atoms with Gasteiger partial charge in [0.15, 0.2) is 5.78 Å². The van der Waals surface area contributed by atoms with Gasteiger partial charge >= 0.3 is 0 Å². The molecule has 0 aromatic rings. The number of Topliss-reactive ketones (excluding diaryl/α,β-unsaturated/α-hetero) is 1. The van der Waals surface area contributed by atoms with Crippen molar-refractivity contribution in [2.24, 2.45) is 34.5 Å². The third kappa shape index (κ3) is 2.19. The van der Waals surface area contributed by atoms with Crippen LogP contribution in [0.1, 0.15) is 78.6 Å². The van der Waals surface area contributed by atoms with E-state index in [0.717, 1.165) is 38.5 Å². The normalized spacial score (nSPS) is 57.7. The molecule has 4 fully saturated rings. The largest absolute Gasteiger partial charge is 0.393 e. The van der Waals surface area contributed by atoms with Gasteiger partial charge in [0.25, 0.3) is 0 Å². The first-order valence-corrected chi connectivity index (χ1v) is 10.1. The fourth-order valence-corrected chi connectivity index (χ4v) is 7.54. The average Bonchev–Trinajstić information content (AvgIpc) is 2.52. The Bertz CT molecular complexity index is 541. The van der Waals surface area contributed by atoms with Crippen LogP contribution in [0.15, 0.2) is 0 Å². The van der Waals surface area contributed by atoms with Gasteiger partial charge in [-0.1, -0.05) is 13.8 Å². The van der Waals surface area contributed by atoms with Crippen LogP contribution >= 0.6 is 0 Å². The van der Waals surface area contributed by atoms with E-state index in [1.165, 1.54) is 12.8 Å². The highest BCUT2D eigenvalue weighted by molar-refractivity contribution is 5.93. The number of rotatable bonds is 0. The Hall–Kier alpha value is -0.410. The predicted molar refractivity (Wildman–Crippen MR) is 93.4 cm³/mol. The minimum atomic E-state index is -1.12. The maximum absolute atomic E-state index is 13.0. The molecule has 136 valence electrons. The Balaban J connectivity index is 1.64. The van der Waals surface area contributed by atoms with E-state index in [4.69, 9.17) is 0 Å². The predicted octanol–water partition coefficient (Wildman–Crippen LogP) is 3.71. The van der Waals surface area contributed by atoms with Gasteiger partial charge in [-0.3, -0.25) is 4.79 Å². The molecule has 0 heterocycles. The number of aliphatic hydroxyl groups excluding tert-OH is 1. The Morgan fingerprint density at radius 1 is 0.917 bits per heavy atom.